The zero-order chi connectivity index (χ0) is 14.6. The van der Waals surface area contributed by atoms with Gasteiger partial charge in [-0.2, -0.15) is 0 Å². The SMILES string of the molecule is Cc1cccc(OCC(O)CN2CCOCC2(C)C)c1. The molecular weight excluding hydrogens is 254 g/mol. The summed E-state index contributed by atoms with van der Waals surface area (Å²) in [6, 6.07) is 7.88. The highest BCUT2D eigenvalue weighted by atomic mass is 16.5. The zero-order valence-corrected chi connectivity index (χ0v) is 12.6. The molecule has 1 saturated heterocycles. The highest BCUT2D eigenvalue weighted by Gasteiger charge is 2.31. The summed E-state index contributed by atoms with van der Waals surface area (Å²) in [5.74, 6) is 0.810. The van der Waals surface area contributed by atoms with Crippen molar-refractivity contribution in [2.24, 2.45) is 0 Å². The summed E-state index contributed by atoms with van der Waals surface area (Å²) in [7, 11) is 0. The topological polar surface area (TPSA) is 41.9 Å². The Hall–Kier alpha value is -1.10. The van der Waals surface area contributed by atoms with E-state index in [1.165, 1.54) is 0 Å². The fourth-order valence-electron chi connectivity index (χ4n) is 2.43. The molecule has 112 valence electrons. The number of rotatable bonds is 5. The molecular formula is C16H25NO3. The van der Waals surface area contributed by atoms with Gasteiger partial charge in [0.05, 0.1) is 13.2 Å². The summed E-state index contributed by atoms with van der Waals surface area (Å²) in [4.78, 5) is 2.26. The van der Waals surface area contributed by atoms with Crippen molar-refractivity contribution >= 4 is 0 Å². The summed E-state index contributed by atoms with van der Waals surface area (Å²) >= 11 is 0. The summed E-state index contributed by atoms with van der Waals surface area (Å²) < 4.78 is 11.1. The van der Waals surface area contributed by atoms with Crippen LogP contribution in [0.4, 0.5) is 0 Å². The molecule has 1 aromatic carbocycles. The minimum atomic E-state index is -0.493. The van der Waals surface area contributed by atoms with Gasteiger partial charge in [0.2, 0.25) is 0 Å². The van der Waals surface area contributed by atoms with Gasteiger partial charge >= 0.3 is 0 Å². The molecule has 0 spiro atoms. The van der Waals surface area contributed by atoms with Gasteiger partial charge in [-0.25, -0.2) is 0 Å². The Morgan fingerprint density at radius 3 is 2.95 bits per heavy atom. The highest BCUT2D eigenvalue weighted by molar-refractivity contribution is 5.27. The number of aryl methyl sites for hydroxylation is 1. The molecule has 1 aromatic rings. The Balaban J connectivity index is 1.81. The van der Waals surface area contributed by atoms with Gasteiger partial charge in [0.15, 0.2) is 0 Å². The predicted molar refractivity (Wildman–Crippen MR) is 79.2 cm³/mol. The van der Waals surface area contributed by atoms with Crippen LogP contribution < -0.4 is 4.74 Å². The van der Waals surface area contributed by atoms with Crippen molar-refractivity contribution in [3.05, 3.63) is 29.8 Å². The number of β-amino-alcohol motifs (C(OH)–C–C–N with tert-alkyl or cyclic N) is 1. The van der Waals surface area contributed by atoms with E-state index in [2.05, 4.69) is 18.7 Å². The van der Waals surface area contributed by atoms with Gasteiger partial charge in [0.1, 0.15) is 18.5 Å². The molecule has 0 radical (unpaired) electrons. The number of aliphatic hydroxyl groups is 1. The first kappa shape index (κ1) is 15.3. The molecule has 1 unspecified atom stereocenters. The monoisotopic (exact) mass is 279 g/mol. The van der Waals surface area contributed by atoms with Gasteiger partial charge in [0, 0.05) is 18.6 Å². The lowest BCUT2D eigenvalue weighted by Crippen LogP contribution is -2.55. The van der Waals surface area contributed by atoms with Crippen LogP contribution in [-0.2, 0) is 4.74 Å². The molecule has 1 N–H and O–H groups in total. The van der Waals surface area contributed by atoms with Crippen molar-refractivity contribution in [1.29, 1.82) is 0 Å². The number of aliphatic hydroxyl groups excluding tert-OH is 1. The number of ether oxygens (including phenoxy) is 2. The molecule has 0 aliphatic carbocycles. The molecule has 1 heterocycles. The summed E-state index contributed by atoms with van der Waals surface area (Å²) in [6.07, 6.45) is -0.493. The smallest absolute Gasteiger partial charge is 0.119 e. The van der Waals surface area contributed by atoms with Gasteiger partial charge in [-0.1, -0.05) is 12.1 Å². The molecule has 0 bridgehead atoms. The molecule has 2 rings (SSSR count). The van der Waals surface area contributed by atoms with Crippen LogP contribution in [0, 0.1) is 6.92 Å². The Bertz CT molecular complexity index is 433. The first-order chi connectivity index (χ1) is 9.47. The molecule has 0 saturated carbocycles. The van der Waals surface area contributed by atoms with Crippen molar-refractivity contribution < 1.29 is 14.6 Å². The van der Waals surface area contributed by atoms with E-state index in [-0.39, 0.29) is 5.54 Å². The van der Waals surface area contributed by atoms with Crippen LogP contribution in [0.5, 0.6) is 5.75 Å². The van der Waals surface area contributed by atoms with Crippen molar-refractivity contribution in [3.8, 4) is 5.75 Å². The quantitative estimate of drug-likeness (QED) is 0.893. The maximum absolute atomic E-state index is 10.2. The molecule has 1 aliphatic rings. The maximum Gasteiger partial charge on any atom is 0.119 e. The Morgan fingerprint density at radius 1 is 1.45 bits per heavy atom. The Kier molecular flexibility index (Phi) is 5.02. The lowest BCUT2D eigenvalue weighted by Gasteiger charge is -2.42. The first-order valence-corrected chi connectivity index (χ1v) is 7.18. The third-order valence-electron chi connectivity index (χ3n) is 3.68. The molecule has 20 heavy (non-hydrogen) atoms. The van der Waals surface area contributed by atoms with Gasteiger partial charge in [-0.3, -0.25) is 4.90 Å². The minimum absolute atomic E-state index is 0.0252. The number of benzene rings is 1. The largest absolute Gasteiger partial charge is 0.491 e. The predicted octanol–water partition coefficient (Wildman–Crippen LogP) is 1.85. The summed E-state index contributed by atoms with van der Waals surface area (Å²) in [5, 5.41) is 10.2. The van der Waals surface area contributed by atoms with Crippen LogP contribution in [0.25, 0.3) is 0 Å². The van der Waals surface area contributed by atoms with Gasteiger partial charge < -0.3 is 14.6 Å². The first-order valence-electron chi connectivity index (χ1n) is 7.18. The normalized spacial score (nSPS) is 20.6. The van der Waals surface area contributed by atoms with E-state index in [0.29, 0.717) is 19.8 Å². The zero-order valence-electron chi connectivity index (χ0n) is 12.6. The number of nitrogens with zero attached hydrogens (tertiary/aromatic N) is 1. The highest BCUT2D eigenvalue weighted by Crippen LogP contribution is 2.19. The minimum Gasteiger partial charge on any atom is -0.491 e. The summed E-state index contributed by atoms with van der Waals surface area (Å²) in [6.45, 7) is 9.53. The maximum atomic E-state index is 10.2. The molecule has 1 atom stereocenters. The van der Waals surface area contributed by atoms with E-state index >= 15 is 0 Å². The van der Waals surface area contributed by atoms with E-state index in [9.17, 15) is 5.11 Å². The van der Waals surface area contributed by atoms with Crippen LogP contribution in [0.1, 0.15) is 19.4 Å². The molecule has 4 nitrogen and oxygen atoms in total. The van der Waals surface area contributed by atoms with Crippen LogP contribution in [0.15, 0.2) is 24.3 Å². The van der Waals surface area contributed by atoms with E-state index in [0.717, 1.165) is 24.5 Å². The van der Waals surface area contributed by atoms with E-state index in [1.807, 2.05) is 31.2 Å². The lowest BCUT2D eigenvalue weighted by atomic mass is 10.0. The van der Waals surface area contributed by atoms with E-state index in [1.54, 1.807) is 0 Å². The molecule has 4 heteroatoms. The van der Waals surface area contributed by atoms with E-state index in [4.69, 9.17) is 9.47 Å². The van der Waals surface area contributed by atoms with Gasteiger partial charge in [0.25, 0.3) is 0 Å². The second kappa shape index (κ2) is 6.57. The van der Waals surface area contributed by atoms with Gasteiger partial charge in [-0.15, -0.1) is 0 Å². The number of morpholine rings is 1. The van der Waals surface area contributed by atoms with Crippen molar-refractivity contribution in [3.63, 3.8) is 0 Å². The van der Waals surface area contributed by atoms with Crippen LogP contribution in [-0.4, -0.2) is 54.6 Å². The molecule has 0 amide bonds. The van der Waals surface area contributed by atoms with E-state index < -0.39 is 6.10 Å². The molecule has 1 aliphatic heterocycles. The molecule has 1 fully saturated rings. The Morgan fingerprint density at radius 2 is 2.25 bits per heavy atom. The third kappa shape index (κ3) is 4.20. The molecule has 0 aromatic heterocycles. The lowest BCUT2D eigenvalue weighted by molar-refractivity contribution is -0.0703. The number of hydrogen-bond acceptors (Lipinski definition) is 4. The van der Waals surface area contributed by atoms with Crippen molar-refractivity contribution in [2.45, 2.75) is 32.4 Å². The van der Waals surface area contributed by atoms with Crippen molar-refractivity contribution in [1.82, 2.24) is 4.90 Å². The van der Waals surface area contributed by atoms with Crippen LogP contribution in [0.2, 0.25) is 0 Å². The number of hydrogen-bond donors (Lipinski definition) is 1. The van der Waals surface area contributed by atoms with Crippen LogP contribution >= 0.6 is 0 Å². The summed E-state index contributed by atoms with van der Waals surface area (Å²) in [5.41, 5.74) is 1.13. The fraction of sp³-hybridized carbons (Fsp3) is 0.625. The fourth-order valence-corrected chi connectivity index (χ4v) is 2.43. The third-order valence-corrected chi connectivity index (χ3v) is 3.68. The van der Waals surface area contributed by atoms with Crippen LogP contribution in [0.3, 0.4) is 0 Å². The Labute approximate surface area is 121 Å². The average Bonchev–Trinajstić information content (AvgIpc) is 2.39. The second-order valence-electron chi connectivity index (χ2n) is 6.09. The average molecular weight is 279 g/mol. The second-order valence-corrected chi connectivity index (χ2v) is 6.09. The standard InChI is InChI=1S/C16H25NO3/c1-13-5-4-6-15(9-13)20-11-14(18)10-17-7-8-19-12-16(17,2)3/h4-6,9,14,18H,7-8,10-12H2,1-3H3. The van der Waals surface area contributed by atoms with Crippen molar-refractivity contribution in [2.75, 3.05) is 32.9 Å². The van der Waals surface area contributed by atoms with Gasteiger partial charge in [-0.05, 0) is 38.5 Å².